The molecular formula is C31H27FN6O. The quantitative estimate of drug-likeness (QED) is 0.254. The van der Waals surface area contributed by atoms with E-state index in [1.807, 2.05) is 48.5 Å². The standard InChI is InChI=1S/C31H27FN6O/c32-25-8-2-1-6-23(25)22-7-5-9-27-24(22)17-29(34-27)31-30-28(36-37-31)11-10-26(35-30)20-16-21(19-33-18-20)39-15-14-38-12-3-4-13-38/h1-2,5-11,16-19,34H,3-4,12-15H2,(H,36,37). The van der Waals surface area contributed by atoms with Crippen molar-refractivity contribution < 1.29 is 9.13 Å². The van der Waals surface area contributed by atoms with Crippen molar-refractivity contribution in [1.82, 2.24) is 30.0 Å². The number of ether oxygens (including phenoxy) is 1. The summed E-state index contributed by atoms with van der Waals surface area (Å²) >= 11 is 0. The van der Waals surface area contributed by atoms with Crippen LogP contribution in [0, 0.1) is 5.82 Å². The molecule has 7 nitrogen and oxygen atoms in total. The summed E-state index contributed by atoms with van der Waals surface area (Å²) in [5, 5.41) is 8.59. The van der Waals surface area contributed by atoms with Gasteiger partial charge in [0.1, 0.15) is 29.4 Å². The predicted molar refractivity (Wildman–Crippen MR) is 151 cm³/mol. The van der Waals surface area contributed by atoms with E-state index in [1.165, 1.54) is 18.9 Å². The van der Waals surface area contributed by atoms with Crippen LogP contribution in [-0.4, -0.2) is 56.3 Å². The van der Waals surface area contributed by atoms with Crippen molar-refractivity contribution >= 4 is 21.9 Å². The van der Waals surface area contributed by atoms with Crippen molar-refractivity contribution in [2.45, 2.75) is 12.8 Å². The summed E-state index contributed by atoms with van der Waals surface area (Å²) in [6.45, 7) is 3.87. The minimum absolute atomic E-state index is 0.250. The highest BCUT2D eigenvalue weighted by molar-refractivity contribution is 6.00. The first-order valence-corrected chi connectivity index (χ1v) is 13.3. The maximum Gasteiger partial charge on any atom is 0.138 e. The Morgan fingerprint density at radius 3 is 2.67 bits per heavy atom. The van der Waals surface area contributed by atoms with Gasteiger partial charge in [0.2, 0.25) is 0 Å². The minimum atomic E-state index is -0.250. The molecule has 0 spiro atoms. The lowest BCUT2D eigenvalue weighted by molar-refractivity contribution is 0.237. The Balaban J connectivity index is 1.21. The fraction of sp³-hybridized carbons (Fsp3) is 0.194. The first-order chi connectivity index (χ1) is 19.2. The summed E-state index contributed by atoms with van der Waals surface area (Å²) in [4.78, 5) is 15.2. The normalized spacial score (nSPS) is 14.0. The van der Waals surface area contributed by atoms with E-state index < -0.39 is 0 Å². The lowest BCUT2D eigenvalue weighted by Gasteiger charge is -2.15. The van der Waals surface area contributed by atoms with Crippen LogP contribution in [0.1, 0.15) is 12.8 Å². The summed E-state index contributed by atoms with van der Waals surface area (Å²) in [5.74, 6) is 0.484. The second-order valence-corrected chi connectivity index (χ2v) is 9.90. The van der Waals surface area contributed by atoms with Crippen LogP contribution in [0.15, 0.2) is 79.1 Å². The van der Waals surface area contributed by atoms with Gasteiger partial charge < -0.3 is 9.72 Å². The summed E-state index contributed by atoms with van der Waals surface area (Å²) in [7, 11) is 0. The number of likely N-dealkylation sites (tertiary alicyclic amines) is 1. The second-order valence-electron chi connectivity index (χ2n) is 9.90. The van der Waals surface area contributed by atoms with Crippen molar-refractivity contribution in [3.05, 3.63) is 84.9 Å². The molecule has 6 aromatic rings. The number of halogens is 1. The largest absolute Gasteiger partial charge is 0.491 e. The fourth-order valence-electron chi connectivity index (χ4n) is 5.38. The molecule has 2 aromatic carbocycles. The molecule has 0 saturated carbocycles. The van der Waals surface area contributed by atoms with Gasteiger partial charge in [-0.1, -0.05) is 30.3 Å². The van der Waals surface area contributed by atoms with E-state index in [2.05, 4.69) is 25.1 Å². The van der Waals surface area contributed by atoms with Gasteiger partial charge in [0, 0.05) is 34.8 Å². The summed E-state index contributed by atoms with van der Waals surface area (Å²) < 4.78 is 20.6. The lowest BCUT2D eigenvalue weighted by atomic mass is 10.0. The molecule has 1 saturated heterocycles. The second kappa shape index (κ2) is 9.96. The molecule has 0 unspecified atom stereocenters. The zero-order chi connectivity index (χ0) is 26.2. The highest BCUT2D eigenvalue weighted by Crippen LogP contribution is 2.35. The molecule has 0 atom stereocenters. The molecule has 0 bridgehead atoms. The van der Waals surface area contributed by atoms with Gasteiger partial charge in [-0.2, -0.15) is 5.10 Å². The zero-order valence-electron chi connectivity index (χ0n) is 21.3. The van der Waals surface area contributed by atoms with Crippen molar-refractivity contribution in [1.29, 1.82) is 0 Å². The molecule has 4 aromatic heterocycles. The number of H-pyrrole nitrogens is 2. The molecule has 0 aliphatic carbocycles. The number of benzene rings is 2. The third-order valence-electron chi connectivity index (χ3n) is 7.37. The Kier molecular flexibility index (Phi) is 6.01. The van der Waals surface area contributed by atoms with Gasteiger partial charge in [0.15, 0.2) is 0 Å². The van der Waals surface area contributed by atoms with E-state index in [0.717, 1.165) is 69.8 Å². The minimum Gasteiger partial charge on any atom is -0.491 e. The first kappa shape index (κ1) is 23.5. The molecule has 7 rings (SSSR count). The molecule has 0 amide bonds. The van der Waals surface area contributed by atoms with Gasteiger partial charge in [0.25, 0.3) is 0 Å². The molecular weight excluding hydrogens is 491 g/mol. The van der Waals surface area contributed by atoms with E-state index in [0.29, 0.717) is 17.9 Å². The summed E-state index contributed by atoms with van der Waals surface area (Å²) in [6.07, 6.45) is 6.08. The number of nitrogens with zero attached hydrogens (tertiary/aromatic N) is 4. The molecule has 1 fully saturated rings. The van der Waals surface area contributed by atoms with E-state index >= 15 is 0 Å². The number of rotatable bonds is 7. The molecule has 39 heavy (non-hydrogen) atoms. The zero-order valence-corrected chi connectivity index (χ0v) is 21.3. The predicted octanol–water partition coefficient (Wildman–Crippen LogP) is 6.45. The molecule has 0 radical (unpaired) electrons. The van der Waals surface area contributed by atoms with Gasteiger partial charge in [-0.05, 0) is 67.9 Å². The molecule has 1 aliphatic rings. The van der Waals surface area contributed by atoms with Gasteiger partial charge in [-0.3, -0.25) is 15.0 Å². The summed E-state index contributed by atoms with van der Waals surface area (Å²) in [6, 6.07) is 20.6. The summed E-state index contributed by atoms with van der Waals surface area (Å²) in [5.41, 5.74) is 7.04. The number of fused-ring (bicyclic) bond motifs is 2. The number of pyridine rings is 2. The van der Waals surface area contributed by atoms with E-state index in [-0.39, 0.29) is 5.82 Å². The highest BCUT2D eigenvalue weighted by Gasteiger charge is 2.17. The Bertz CT molecular complexity index is 1790. The Morgan fingerprint density at radius 2 is 1.77 bits per heavy atom. The lowest BCUT2D eigenvalue weighted by Crippen LogP contribution is -2.25. The topological polar surface area (TPSA) is 82.7 Å². The monoisotopic (exact) mass is 518 g/mol. The van der Waals surface area contributed by atoms with Crippen LogP contribution in [0.5, 0.6) is 5.75 Å². The van der Waals surface area contributed by atoms with E-state index in [1.54, 1.807) is 24.5 Å². The molecule has 1 aliphatic heterocycles. The fourth-order valence-corrected chi connectivity index (χ4v) is 5.38. The van der Waals surface area contributed by atoms with Crippen LogP contribution in [-0.2, 0) is 0 Å². The maximum absolute atomic E-state index is 14.6. The Morgan fingerprint density at radius 1 is 0.897 bits per heavy atom. The van der Waals surface area contributed by atoms with Gasteiger partial charge >= 0.3 is 0 Å². The number of hydrogen-bond donors (Lipinski definition) is 2. The van der Waals surface area contributed by atoms with E-state index in [9.17, 15) is 4.39 Å². The van der Waals surface area contributed by atoms with Gasteiger partial charge in [-0.15, -0.1) is 0 Å². The molecule has 5 heterocycles. The van der Waals surface area contributed by atoms with Crippen LogP contribution in [0.2, 0.25) is 0 Å². The average Bonchev–Trinajstić information content (AvgIpc) is 3.73. The van der Waals surface area contributed by atoms with Crippen molar-refractivity contribution in [2.24, 2.45) is 0 Å². The third-order valence-corrected chi connectivity index (χ3v) is 7.37. The van der Waals surface area contributed by atoms with Crippen LogP contribution in [0.3, 0.4) is 0 Å². The molecule has 8 heteroatoms. The van der Waals surface area contributed by atoms with Crippen LogP contribution >= 0.6 is 0 Å². The van der Waals surface area contributed by atoms with Crippen molar-refractivity contribution in [3.63, 3.8) is 0 Å². The average molecular weight is 519 g/mol. The Hall–Kier alpha value is -4.56. The van der Waals surface area contributed by atoms with Gasteiger partial charge in [0.05, 0.1) is 23.1 Å². The van der Waals surface area contributed by atoms with Crippen LogP contribution in [0.25, 0.3) is 55.7 Å². The van der Waals surface area contributed by atoms with Crippen LogP contribution < -0.4 is 4.74 Å². The molecule has 2 N–H and O–H groups in total. The number of nitrogens with one attached hydrogen (secondary N) is 2. The van der Waals surface area contributed by atoms with Crippen molar-refractivity contribution in [2.75, 3.05) is 26.2 Å². The first-order valence-electron chi connectivity index (χ1n) is 13.3. The molecule has 194 valence electrons. The van der Waals surface area contributed by atoms with Crippen molar-refractivity contribution in [3.8, 4) is 39.5 Å². The highest BCUT2D eigenvalue weighted by atomic mass is 19.1. The SMILES string of the molecule is Fc1ccccc1-c1cccc2[nH]c(-c3n[nH]c4ccc(-c5cncc(OCCN6CCCC6)c5)nc34)cc12. The number of aromatic nitrogens is 5. The van der Waals surface area contributed by atoms with Gasteiger partial charge in [-0.25, -0.2) is 9.37 Å². The number of hydrogen-bond acceptors (Lipinski definition) is 5. The Labute approximate surface area is 224 Å². The number of aromatic amines is 2. The van der Waals surface area contributed by atoms with E-state index in [4.69, 9.17) is 9.72 Å². The third kappa shape index (κ3) is 4.53. The maximum atomic E-state index is 14.6. The smallest absolute Gasteiger partial charge is 0.138 e. The van der Waals surface area contributed by atoms with Crippen LogP contribution in [0.4, 0.5) is 4.39 Å².